The van der Waals surface area contributed by atoms with E-state index in [1.807, 2.05) is 18.2 Å². The molecule has 1 amide bonds. The molecule has 5 rings (SSSR count). The minimum absolute atomic E-state index is 0.130. The molecule has 3 heterocycles. The van der Waals surface area contributed by atoms with Crippen LogP contribution in [0.4, 0.5) is 4.39 Å². The number of amides is 1. The maximum Gasteiger partial charge on any atom is 0.322 e. The highest BCUT2D eigenvalue weighted by Gasteiger charge is 2.40. The monoisotopic (exact) mass is 515 g/mol. The second-order valence-electron chi connectivity index (χ2n) is 9.01. The Morgan fingerprint density at radius 2 is 1.89 bits per heavy atom. The van der Waals surface area contributed by atoms with Gasteiger partial charge in [0.05, 0.1) is 35.7 Å². The van der Waals surface area contributed by atoms with Crippen molar-refractivity contribution in [2.45, 2.75) is 13.2 Å². The number of H-pyrrole nitrogens is 1. The molecular weight excluding hydrogens is 489 g/mol. The number of hydrogen-bond acceptors (Lipinski definition) is 7. The van der Waals surface area contributed by atoms with Gasteiger partial charge in [-0.25, -0.2) is 14.4 Å². The van der Waals surface area contributed by atoms with E-state index < -0.39 is 11.7 Å². The number of aromatic nitrogens is 4. The summed E-state index contributed by atoms with van der Waals surface area (Å²) in [6, 6.07) is 17.0. The molecule has 0 spiro atoms. The van der Waals surface area contributed by atoms with E-state index >= 15 is 0 Å². The molecule has 2 N–H and O–H groups in total. The summed E-state index contributed by atoms with van der Waals surface area (Å²) in [5.74, 6) is 0.435. The summed E-state index contributed by atoms with van der Waals surface area (Å²) >= 11 is 0. The Morgan fingerprint density at radius 3 is 2.61 bits per heavy atom. The van der Waals surface area contributed by atoms with Crippen LogP contribution in [0.15, 0.2) is 79.5 Å². The van der Waals surface area contributed by atoms with Gasteiger partial charge in [0.25, 0.3) is 0 Å². The van der Waals surface area contributed by atoms with Crippen LogP contribution in [0.25, 0.3) is 22.6 Å². The molecule has 1 saturated heterocycles. The van der Waals surface area contributed by atoms with Crippen LogP contribution >= 0.6 is 0 Å². The molecule has 0 atom stereocenters. The predicted octanol–water partition coefficient (Wildman–Crippen LogP) is 4.82. The zero-order valence-electron chi connectivity index (χ0n) is 20.7. The van der Waals surface area contributed by atoms with Crippen molar-refractivity contribution in [1.29, 1.82) is 0 Å². The lowest BCUT2D eigenvalue weighted by Crippen LogP contribution is -2.48. The van der Waals surface area contributed by atoms with Crippen molar-refractivity contribution >= 4 is 5.91 Å². The number of carbonyl (C=O) groups excluding carboxylic acids is 1. The Balaban J connectivity index is 1.44. The van der Waals surface area contributed by atoms with Gasteiger partial charge in [-0.15, -0.1) is 6.58 Å². The van der Waals surface area contributed by atoms with E-state index in [0.717, 1.165) is 0 Å². The first-order valence-corrected chi connectivity index (χ1v) is 12.0. The van der Waals surface area contributed by atoms with E-state index in [4.69, 9.17) is 19.2 Å². The first-order chi connectivity index (χ1) is 18.4. The Kier molecular flexibility index (Phi) is 7.25. The molecular formula is C28H26FN5O4. The van der Waals surface area contributed by atoms with Gasteiger partial charge in [-0.1, -0.05) is 24.3 Å². The van der Waals surface area contributed by atoms with E-state index in [1.54, 1.807) is 49.5 Å². The molecule has 9 nitrogen and oxygen atoms in total. The summed E-state index contributed by atoms with van der Waals surface area (Å²) in [6.07, 6.45) is 2.35. The molecule has 2 aromatic carbocycles. The van der Waals surface area contributed by atoms with Crippen LogP contribution in [-0.4, -0.2) is 45.6 Å². The molecule has 2 aromatic heterocycles. The van der Waals surface area contributed by atoms with Crippen molar-refractivity contribution < 1.29 is 23.4 Å². The van der Waals surface area contributed by atoms with E-state index in [0.29, 0.717) is 40.8 Å². The fourth-order valence-corrected chi connectivity index (χ4v) is 3.90. The van der Waals surface area contributed by atoms with Crippen LogP contribution in [0, 0.1) is 11.2 Å². The van der Waals surface area contributed by atoms with Gasteiger partial charge in [-0.3, -0.25) is 4.79 Å². The zero-order valence-corrected chi connectivity index (χ0v) is 20.7. The van der Waals surface area contributed by atoms with Crippen LogP contribution in [0.1, 0.15) is 19.0 Å². The quantitative estimate of drug-likeness (QED) is 0.324. The van der Waals surface area contributed by atoms with Gasteiger partial charge < -0.3 is 24.5 Å². The predicted molar refractivity (Wildman–Crippen MR) is 137 cm³/mol. The molecule has 0 bridgehead atoms. The summed E-state index contributed by atoms with van der Waals surface area (Å²) in [5, 5.41) is 2.78. The second kappa shape index (κ2) is 10.9. The van der Waals surface area contributed by atoms with Gasteiger partial charge in [0, 0.05) is 18.3 Å². The maximum atomic E-state index is 13.7. The van der Waals surface area contributed by atoms with Crippen LogP contribution in [-0.2, 0) is 14.3 Å². The third-order valence-electron chi connectivity index (χ3n) is 5.97. The number of nitrogens with zero attached hydrogens (tertiary/aromatic N) is 3. The first kappa shape index (κ1) is 25.2. The summed E-state index contributed by atoms with van der Waals surface area (Å²) in [5.41, 5.74) is 1.39. The lowest BCUT2D eigenvalue weighted by atomic mass is 9.91. The molecule has 0 radical (unpaired) electrons. The van der Waals surface area contributed by atoms with Gasteiger partial charge in [-0.05, 0) is 49.4 Å². The molecule has 4 aromatic rings. The zero-order chi connectivity index (χ0) is 26.5. The van der Waals surface area contributed by atoms with Crippen LogP contribution in [0.3, 0.4) is 0 Å². The molecule has 1 aliphatic heterocycles. The second-order valence-corrected chi connectivity index (χ2v) is 9.01. The van der Waals surface area contributed by atoms with Crippen molar-refractivity contribution in [1.82, 2.24) is 25.3 Å². The highest BCUT2D eigenvalue weighted by atomic mass is 19.1. The summed E-state index contributed by atoms with van der Waals surface area (Å²) in [6.45, 7) is 6.01. The molecule has 0 saturated carbocycles. The summed E-state index contributed by atoms with van der Waals surface area (Å²) < 4.78 is 31.3. The fraction of sp³-hybridized carbons (Fsp3) is 0.214. The number of rotatable bonds is 8. The third kappa shape index (κ3) is 5.46. The number of hydrogen-bond donors (Lipinski definition) is 2. The molecule has 0 aliphatic carbocycles. The SMILES string of the molecule is C=CCNC(=O)C1(C)COC(c2nc(-c3ccc(F)cc3)c(-c3ccnc(Oc4ccccc4)n3)[nH]2)OC1. The number of para-hydroxylation sites is 1. The van der Waals surface area contributed by atoms with Gasteiger partial charge in [-0.2, -0.15) is 4.98 Å². The average Bonchev–Trinajstić information content (AvgIpc) is 3.39. The standard InChI is InChI=1S/C28H26FN5O4/c1-3-14-30-26(35)28(2)16-36-25(37-17-28)24-33-22(18-9-11-19(29)12-10-18)23(34-24)21-13-15-31-27(32-21)38-20-7-5-4-6-8-20/h3-13,15,25H,1,14,16-17H2,2H3,(H,30,35)(H,33,34). The number of halogens is 1. The normalized spacial score (nSPS) is 19.1. The van der Waals surface area contributed by atoms with Gasteiger partial charge in [0.2, 0.25) is 12.2 Å². The van der Waals surface area contributed by atoms with Crippen molar-refractivity contribution in [3.63, 3.8) is 0 Å². The Morgan fingerprint density at radius 1 is 1.16 bits per heavy atom. The number of benzene rings is 2. The number of aromatic amines is 1. The number of nitrogens with one attached hydrogen (secondary N) is 2. The smallest absolute Gasteiger partial charge is 0.322 e. The van der Waals surface area contributed by atoms with Crippen LogP contribution < -0.4 is 10.1 Å². The molecule has 0 unspecified atom stereocenters. The molecule has 38 heavy (non-hydrogen) atoms. The third-order valence-corrected chi connectivity index (χ3v) is 5.97. The number of carbonyl (C=O) groups is 1. The number of ether oxygens (including phenoxy) is 3. The molecule has 1 fully saturated rings. The van der Waals surface area contributed by atoms with Gasteiger partial charge >= 0.3 is 6.01 Å². The Hall–Kier alpha value is -4.41. The average molecular weight is 516 g/mol. The minimum Gasteiger partial charge on any atom is -0.424 e. The van der Waals surface area contributed by atoms with E-state index in [1.165, 1.54) is 12.1 Å². The van der Waals surface area contributed by atoms with E-state index in [-0.39, 0.29) is 30.9 Å². The lowest BCUT2D eigenvalue weighted by Gasteiger charge is -2.35. The highest BCUT2D eigenvalue weighted by molar-refractivity contribution is 5.82. The van der Waals surface area contributed by atoms with Crippen LogP contribution in [0.5, 0.6) is 11.8 Å². The van der Waals surface area contributed by atoms with Crippen molar-refractivity contribution in [3.8, 4) is 34.4 Å². The van der Waals surface area contributed by atoms with Crippen LogP contribution in [0.2, 0.25) is 0 Å². The first-order valence-electron chi connectivity index (χ1n) is 12.0. The molecule has 194 valence electrons. The summed E-state index contributed by atoms with van der Waals surface area (Å²) in [4.78, 5) is 29.3. The topological polar surface area (TPSA) is 111 Å². The van der Waals surface area contributed by atoms with Crippen molar-refractivity contribution in [2.75, 3.05) is 19.8 Å². The minimum atomic E-state index is -0.856. The number of imidazole rings is 1. The molecule has 10 heteroatoms. The van der Waals surface area contributed by atoms with E-state index in [9.17, 15) is 9.18 Å². The largest absolute Gasteiger partial charge is 0.424 e. The van der Waals surface area contributed by atoms with Crippen molar-refractivity contribution in [3.05, 3.63) is 91.2 Å². The maximum absolute atomic E-state index is 13.7. The Bertz CT molecular complexity index is 1420. The summed E-state index contributed by atoms with van der Waals surface area (Å²) in [7, 11) is 0. The fourth-order valence-electron chi connectivity index (χ4n) is 3.90. The lowest BCUT2D eigenvalue weighted by molar-refractivity contribution is -0.230. The highest BCUT2D eigenvalue weighted by Crippen LogP contribution is 2.36. The Labute approximate surface area is 218 Å². The van der Waals surface area contributed by atoms with Gasteiger partial charge in [0.15, 0.2) is 5.82 Å². The van der Waals surface area contributed by atoms with Gasteiger partial charge in [0.1, 0.15) is 11.6 Å². The van der Waals surface area contributed by atoms with E-state index in [2.05, 4.69) is 26.8 Å². The van der Waals surface area contributed by atoms with Crippen molar-refractivity contribution in [2.24, 2.45) is 5.41 Å². The molecule has 1 aliphatic rings.